The van der Waals surface area contributed by atoms with E-state index in [9.17, 15) is 0 Å². The van der Waals surface area contributed by atoms with Crippen molar-refractivity contribution < 1.29 is 0 Å². The Morgan fingerprint density at radius 2 is 1.48 bits per heavy atom. The van der Waals surface area contributed by atoms with E-state index >= 15 is 0 Å². The molecule has 0 saturated carbocycles. The molecule has 1 aromatic rings. The Kier molecular flexibility index (Phi) is 4.88. The molecule has 0 fully saturated rings. The fourth-order valence-corrected chi connectivity index (χ4v) is 2.21. The van der Waals surface area contributed by atoms with Gasteiger partial charge < -0.3 is 0 Å². The summed E-state index contributed by atoms with van der Waals surface area (Å²) in [6.45, 7) is 0. The molecule has 0 N–H and O–H groups in total. The van der Waals surface area contributed by atoms with Crippen LogP contribution in [0.1, 0.15) is 6.42 Å². The summed E-state index contributed by atoms with van der Waals surface area (Å²) in [6, 6.07) is 14.4. The van der Waals surface area contributed by atoms with Crippen LogP contribution in [0.25, 0.3) is 11.1 Å². The van der Waals surface area contributed by atoms with Crippen LogP contribution in [0.15, 0.2) is 59.7 Å². The molecule has 0 atom stereocenters. The fraction of sp³-hybridized carbons (Fsp3) is 0.0526. The maximum atomic E-state index is 8.98. The first kappa shape index (κ1) is 15.5. The van der Waals surface area contributed by atoms with Gasteiger partial charge in [-0.05, 0) is 28.9 Å². The van der Waals surface area contributed by atoms with E-state index in [2.05, 4.69) is 0 Å². The molecular weight excluding hydrogens is 284 g/mol. The molecule has 0 amide bonds. The van der Waals surface area contributed by atoms with Crippen LogP contribution in [0.3, 0.4) is 0 Å². The fourth-order valence-electron chi connectivity index (χ4n) is 2.21. The van der Waals surface area contributed by atoms with Crippen molar-refractivity contribution in [2.45, 2.75) is 6.42 Å². The Bertz CT molecular complexity index is 968. The minimum Gasteiger partial charge on any atom is -0.192 e. The van der Waals surface area contributed by atoms with E-state index in [0.29, 0.717) is 5.22 Å². The summed E-state index contributed by atoms with van der Waals surface area (Å²) in [5.74, 6) is 0. The molecular formula is C19H10N4. The van der Waals surface area contributed by atoms with Crippen LogP contribution in [-0.2, 0) is 0 Å². The number of nitrogens with zero attached hydrogens (tertiary/aromatic N) is 4. The Hall–Kier alpha value is -3.86. The molecule has 0 bridgehead atoms. The van der Waals surface area contributed by atoms with E-state index in [-0.39, 0.29) is 11.1 Å². The van der Waals surface area contributed by atoms with Crippen molar-refractivity contribution in [1.29, 1.82) is 21.0 Å². The van der Waals surface area contributed by atoms with Gasteiger partial charge >= 0.3 is 0 Å². The lowest BCUT2D eigenvalue weighted by Gasteiger charge is -2.04. The average Bonchev–Trinajstić information content (AvgIpc) is 3.12. The van der Waals surface area contributed by atoms with Gasteiger partial charge in [0.15, 0.2) is 0 Å². The van der Waals surface area contributed by atoms with Crippen molar-refractivity contribution in [1.82, 2.24) is 0 Å². The van der Waals surface area contributed by atoms with Gasteiger partial charge in [0.1, 0.15) is 35.4 Å². The Labute approximate surface area is 133 Å². The zero-order valence-corrected chi connectivity index (χ0v) is 12.1. The summed E-state index contributed by atoms with van der Waals surface area (Å²) in [7, 11) is 0. The van der Waals surface area contributed by atoms with Crippen LogP contribution in [0, 0.1) is 45.3 Å². The zero-order valence-electron chi connectivity index (χ0n) is 12.1. The van der Waals surface area contributed by atoms with E-state index in [0.717, 1.165) is 22.8 Å². The Balaban J connectivity index is 2.72. The number of allylic oxidation sites excluding steroid dienone is 6. The van der Waals surface area contributed by atoms with Crippen molar-refractivity contribution in [2.24, 2.45) is 0 Å². The topological polar surface area (TPSA) is 95.2 Å². The van der Waals surface area contributed by atoms with Crippen molar-refractivity contribution in [2.75, 3.05) is 0 Å². The molecule has 1 aliphatic carbocycles. The van der Waals surface area contributed by atoms with Crippen molar-refractivity contribution in [3.05, 3.63) is 70.2 Å². The summed E-state index contributed by atoms with van der Waals surface area (Å²) in [5.41, 5.74) is 1.86. The number of nitriles is 4. The van der Waals surface area contributed by atoms with Crippen LogP contribution in [0.2, 0.25) is 0 Å². The van der Waals surface area contributed by atoms with Crippen molar-refractivity contribution in [3.63, 3.8) is 0 Å². The number of hydrogen-bond donors (Lipinski definition) is 0. The first-order valence-corrected chi connectivity index (χ1v) is 6.76. The normalized spacial score (nSPS) is 11.2. The predicted molar refractivity (Wildman–Crippen MR) is 84.9 cm³/mol. The summed E-state index contributed by atoms with van der Waals surface area (Å²) in [5, 5.41) is 37.1. The van der Waals surface area contributed by atoms with Crippen LogP contribution < -0.4 is 10.4 Å². The second-order valence-corrected chi connectivity index (χ2v) is 4.70. The highest BCUT2D eigenvalue weighted by Crippen LogP contribution is 2.22. The van der Waals surface area contributed by atoms with E-state index in [1.54, 1.807) is 30.3 Å². The molecule has 0 aromatic heterocycles. The lowest BCUT2D eigenvalue weighted by atomic mass is 9.99. The van der Waals surface area contributed by atoms with Gasteiger partial charge in [-0.1, -0.05) is 42.5 Å². The largest absolute Gasteiger partial charge is 0.192 e. The second kappa shape index (κ2) is 7.24. The van der Waals surface area contributed by atoms with E-state index < -0.39 is 0 Å². The molecule has 23 heavy (non-hydrogen) atoms. The predicted octanol–water partition coefficient (Wildman–Crippen LogP) is 1.90. The third-order valence-electron chi connectivity index (χ3n) is 3.35. The molecule has 0 radical (unpaired) electrons. The summed E-state index contributed by atoms with van der Waals surface area (Å²) < 4.78 is 0. The molecule has 0 saturated heterocycles. The molecule has 0 unspecified atom stereocenters. The van der Waals surface area contributed by atoms with E-state index in [4.69, 9.17) is 21.0 Å². The van der Waals surface area contributed by atoms with Crippen LogP contribution in [-0.4, -0.2) is 0 Å². The lowest BCUT2D eigenvalue weighted by Crippen LogP contribution is -2.12. The van der Waals surface area contributed by atoms with Crippen LogP contribution in [0.5, 0.6) is 0 Å². The van der Waals surface area contributed by atoms with Gasteiger partial charge in [-0.25, -0.2) is 0 Å². The highest BCUT2D eigenvalue weighted by molar-refractivity contribution is 5.77. The summed E-state index contributed by atoms with van der Waals surface area (Å²) >= 11 is 0. The minimum absolute atomic E-state index is 0.0261. The molecule has 1 aliphatic rings. The van der Waals surface area contributed by atoms with Gasteiger partial charge in [-0.15, -0.1) is 0 Å². The summed E-state index contributed by atoms with van der Waals surface area (Å²) in [4.78, 5) is 0. The molecule has 0 spiro atoms. The molecule has 106 valence electrons. The minimum atomic E-state index is 0.0261. The van der Waals surface area contributed by atoms with Crippen LogP contribution in [0.4, 0.5) is 0 Å². The van der Waals surface area contributed by atoms with Crippen molar-refractivity contribution >= 4 is 11.1 Å². The first-order chi connectivity index (χ1) is 11.2. The molecule has 4 nitrogen and oxygen atoms in total. The van der Waals surface area contributed by atoms with Gasteiger partial charge in [-0.2, -0.15) is 21.0 Å². The average molecular weight is 294 g/mol. The third kappa shape index (κ3) is 3.43. The molecule has 0 aliphatic heterocycles. The maximum Gasteiger partial charge on any atom is 0.136 e. The Morgan fingerprint density at radius 3 is 1.96 bits per heavy atom. The van der Waals surface area contributed by atoms with Gasteiger partial charge in [0.2, 0.25) is 0 Å². The summed E-state index contributed by atoms with van der Waals surface area (Å²) in [6.07, 6.45) is 8.15. The van der Waals surface area contributed by atoms with E-state index in [1.807, 2.05) is 42.5 Å². The molecule has 2 rings (SSSR count). The Morgan fingerprint density at radius 1 is 0.870 bits per heavy atom. The lowest BCUT2D eigenvalue weighted by molar-refractivity contribution is 1.33. The van der Waals surface area contributed by atoms with Crippen LogP contribution >= 0.6 is 0 Å². The highest BCUT2D eigenvalue weighted by Gasteiger charge is 2.07. The SMILES string of the molecule is N#CC(C#N)=CC(C1=CC=CC1)=c1ccc(=C(C#N)C#N)cc1. The molecule has 4 heteroatoms. The van der Waals surface area contributed by atoms with E-state index in [1.165, 1.54) is 0 Å². The van der Waals surface area contributed by atoms with Gasteiger partial charge in [0.05, 0.1) is 0 Å². The zero-order chi connectivity index (χ0) is 16.7. The van der Waals surface area contributed by atoms with Gasteiger partial charge in [0.25, 0.3) is 0 Å². The van der Waals surface area contributed by atoms with Gasteiger partial charge in [-0.3, -0.25) is 0 Å². The second-order valence-electron chi connectivity index (χ2n) is 4.70. The number of benzene rings is 1. The monoisotopic (exact) mass is 294 g/mol. The first-order valence-electron chi connectivity index (χ1n) is 6.76. The molecule has 0 heterocycles. The number of rotatable bonds is 2. The standard InChI is InChI=1S/C19H10N4/c20-10-14(11-21)9-19(16-3-1-2-4-16)17-7-5-15(6-8-17)18(12-22)13-23/h1-3,5-9H,4H2. The van der Waals surface area contributed by atoms with Crippen molar-refractivity contribution in [3.8, 4) is 24.3 Å². The smallest absolute Gasteiger partial charge is 0.136 e. The number of hydrogen-bond acceptors (Lipinski definition) is 4. The quantitative estimate of drug-likeness (QED) is 0.778. The molecule has 1 aromatic carbocycles. The maximum absolute atomic E-state index is 8.98. The third-order valence-corrected chi connectivity index (χ3v) is 3.35. The highest BCUT2D eigenvalue weighted by atomic mass is 14.3. The van der Waals surface area contributed by atoms with Gasteiger partial charge in [0, 0.05) is 5.22 Å².